The summed E-state index contributed by atoms with van der Waals surface area (Å²) in [6, 6.07) is 7.14. The first-order valence-corrected chi connectivity index (χ1v) is 8.38. The van der Waals surface area contributed by atoms with Gasteiger partial charge in [0.2, 0.25) is 5.91 Å². The monoisotopic (exact) mass is 346 g/mol. The van der Waals surface area contributed by atoms with Crippen molar-refractivity contribution in [1.82, 2.24) is 9.88 Å². The summed E-state index contributed by atoms with van der Waals surface area (Å²) in [6.45, 7) is 2.87. The molecule has 2 aromatic rings. The van der Waals surface area contributed by atoms with Crippen LogP contribution in [-0.4, -0.2) is 48.6 Å². The third kappa shape index (κ3) is 3.33. The van der Waals surface area contributed by atoms with Crippen molar-refractivity contribution >= 4 is 34.1 Å². The lowest BCUT2D eigenvalue weighted by atomic mass is 10.2. The highest BCUT2D eigenvalue weighted by molar-refractivity contribution is 7.13. The van der Waals surface area contributed by atoms with Gasteiger partial charge in [0.25, 0.3) is 0 Å². The van der Waals surface area contributed by atoms with Crippen LogP contribution in [-0.2, 0) is 4.79 Å². The van der Waals surface area contributed by atoms with Crippen LogP contribution in [0.4, 0.5) is 15.6 Å². The molecule has 1 saturated heterocycles. The van der Waals surface area contributed by atoms with E-state index in [0.29, 0.717) is 29.7 Å². The number of thiazole rings is 1. The first kappa shape index (κ1) is 16.3. The minimum absolute atomic E-state index is 0.00309. The van der Waals surface area contributed by atoms with E-state index in [4.69, 9.17) is 4.74 Å². The standard InChI is InChI=1S/C16H18N4O3S/c1-11-10-24-15(17-11)18-14(21)9-19-7-8-20(16(19)22)12-5-3-4-6-13(12)23-2/h3-6,10H,7-9H2,1-2H3,(H,17,18,21). The Hall–Kier alpha value is -2.61. The molecule has 0 bridgehead atoms. The quantitative estimate of drug-likeness (QED) is 0.902. The fraction of sp³-hybridized carbons (Fsp3) is 0.312. The number of amides is 3. The molecule has 2 heterocycles. The van der Waals surface area contributed by atoms with Crippen LogP contribution in [0.5, 0.6) is 5.75 Å². The van der Waals surface area contributed by atoms with Crippen molar-refractivity contribution in [1.29, 1.82) is 0 Å². The molecule has 0 atom stereocenters. The zero-order valence-corrected chi connectivity index (χ0v) is 14.3. The number of carbonyl (C=O) groups excluding carboxylic acids is 2. The molecule has 3 amide bonds. The predicted molar refractivity (Wildman–Crippen MR) is 92.8 cm³/mol. The van der Waals surface area contributed by atoms with E-state index in [0.717, 1.165) is 5.69 Å². The van der Waals surface area contributed by atoms with Gasteiger partial charge >= 0.3 is 6.03 Å². The number of hydrogen-bond acceptors (Lipinski definition) is 5. The zero-order valence-electron chi connectivity index (χ0n) is 13.5. The third-order valence-electron chi connectivity index (χ3n) is 3.67. The van der Waals surface area contributed by atoms with Crippen molar-refractivity contribution in [2.24, 2.45) is 0 Å². The Bertz CT molecular complexity index is 761. The largest absolute Gasteiger partial charge is 0.495 e. The minimum atomic E-state index is -0.250. The van der Waals surface area contributed by atoms with E-state index in [9.17, 15) is 9.59 Å². The Labute approximate surface area is 143 Å². The summed E-state index contributed by atoms with van der Waals surface area (Å²) in [5.74, 6) is 0.384. The fourth-order valence-electron chi connectivity index (χ4n) is 2.55. The van der Waals surface area contributed by atoms with Crippen molar-refractivity contribution in [3.63, 3.8) is 0 Å². The van der Waals surface area contributed by atoms with Crippen LogP contribution in [0.2, 0.25) is 0 Å². The number of ether oxygens (including phenoxy) is 1. The van der Waals surface area contributed by atoms with Crippen LogP contribution in [0, 0.1) is 6.92 Å². The number of aromatic nitrogens is 1. The second kappa shape index (κ2) is 6.88. The fourth-order valence-corrected chi connectivity index (χ4v) is 3.25. The van der Waals surface area contributed by atoms with E-state index >= 15 is 0 Å². The number of aryl methyl sites for hydroxylation is 1. The van der Waals surface area contributed by atoms with Crippen molar-refractivity contribution < 1.29 is 14.3 Å². The molecule has 1 aliphatic heterocycles. The van der Waals surface area contributed by atoms with Gasteiger partial charge in [-0.05, 0) is 19.1 Å². The summed E-state index contributed by atoms with van der Waals surface area (Å²) in [7, 11) is 1.57. The van der Waals surface area contributed by atoms with Crippen LogP contribution >= 0.6 is 11.3 Å². The first-order valence-electron chi connectivity index (χ1n) is 7.50. The van der Waals surface area contributed by atoms with Gasteiger partial charge in [0.15, 0.2) is 5.13 Å². The van der Waals surface area contributed by atoms with Gasteiger partial charge in [-0.2, -0.15) is 0 Å². The number of anilines is 2. The molecule has 1 aromatic heterocycles. The van der Waals surface area contributed by atoms with Gasteiger partial charge < -0.3 is 15.0 Å². The Kier molecular flexibility index (Phi) is 4.66. The molecule has 7 nitrogen and oxygen atoms in total. The first-order chi connectivity index (χ1) is 11.6. The Morgan fingerprint density at radius 1 is 1.38 bits per heavy atom. The summed E-state index contributed by atoms with van der Waals surface area (Å²) >= 11 is 1.37. The van der Waals surface area contributed by atoms with Crippen LogP contribution in [0.3, 0.4) is 0 Å². The van der Waals surface area contributed by atoms with Gasteiger partial charge in [-0.3, -0.25) is 9.69 Å². The van der Waals surface area contributed by atoms with Crippen molar-refractivity contribution in [3.8, 4) is 5.75 Å². The zero-order chi connectivity index (χ0) is 17.1. The highest BCUT2D eigenvalue weighted by Crippen LogP contribution is 2.30. The predicted octanol–water partition coefficient (Wildman–Crippen LogP) is 2.34. The summed E-state index contributed by atoms with van der Waals surface area (Å²) < 4.78 is 5.31. The van der Waals surface area contributed by atoms with E-state index in [1.165, 1.54) is 16.2 Å². The van der Waals surface area contributed by atoms with Crippen LogP contribution in [0.1, 0.15) is 5.69 Å². The molecule has 8 heteroatoms. The second-order valence-corrected chi connectivity index (χ2v) is 6.23. The second-order valence-electron chi connectivity index (χ2n) is 5.37. The molecule has 1 N–H and O–H groups in total. The van der Waals surface area contributed by atoms with Crippen molar-refractivity contribution in [3.05, 3.63) is 35.3 Å². The van der Waals surface area contributed by atoms with Gasteiger partial charge in [0, 0.05) is 18.5 Å². The number of carbonyl (C=O) groups is 2. The number of hydrogen-bond donors (Lipinski definition) is 1. The molecule has 24 heavy (non-hydrogen) atoms. The highest BCUT2D eigenvalue weighted by atomic mass is 32.1. The molecule has 3 rings (SSSR count). The molecule has 126 valence electrons. The molecule has 1 aromatic carbocycles. The Morgan fingerprint density at radius 3 is 2.88 bits per heavy atom. The topological polar surface area (TPSA) is 74.8 Å². The van der Waals surface area contributed by atoms with E-state index < -0.39 is 0 Å². The maximum Gasteiger partial charge on any atom is 0.325 e. The smallest absolute Gasteiger partial charge is 0.325 e. The molecular weight excluding hydrogens is 328 g/mol. The molecule has 1 fully saturated rings. The van der Waals surface area contributed by atoms with Gasteiger partial charge in [-0.25, -0.2) is 9.78 Å². The van der Waals surface area contributed by atoms with E-state index in [1.807, 2.05) is 36.6 Å². The molecule has 0 aliphatic carbocycles. The molecule has 0 saturated carbocycles. The highest BCUT2D eigenvalue weighted by Gasteiger charge is 2.32. The SMILES string of the molecule is COc1ccccc1N1CCN(CC(=O)Nc2nc(C)cs2)C1=O. The summed E-state index contributed by atoms with van der Waals surface area (Å²) in [5, 5.41) is 5.13. The molecule has 0 spiro atoms. The lowest BCUT2D eigenvalue weighted by Crippen LogP contribution is -2.37. The number of nitrogens with one attached hydrogen (secondary N) is 1. The average molecular weight is 346 g/mol. The maximum absolute atomic E-state index is 12.6. The normalized spacial score (nSPS) is 14.2. The van der Waals surface area contributed by atoms with Gasteiger partial charge in [0.05, 0.1) is 18.5 Å². The Balaban J connectivity index is 1.64. The lowest BCUT2D eigenvalue weighted by Gasteiger charge is -2.20. The van der Waals surface area contributed by atoms with Gasteiger partial charge in [0.1, 0.15) is 12.3 Å². The number of rotatable bonds is 5. The van der Waals surface area contributed by atoms with E-state index in [2.05, 4.69) is 10.3 Å². The van der Waals surface area contributed by atoms with E-state index in [1.54, 1.807) is 12.0 Å². The molecule has 1 aliphatic rings. The van der Waals surface area contributed by atoms with Crippen LogP contribution in [0.25, 0.3) is 0 Å². The summed E-state index contributed by atoms with van der Waals surface area (Å²) in [4.78, 5) is 32.0. The van der Waals surface area contributed by atoms with Crippen molar-refractivity contribution in [2.75, 3.05) is 37.0 Å². The number of urea groups is 1. The Morgan fingerprint density at radius 2 is 2.17 bits per heavy atom. The van der Waals surface area contributed by atoms with Crippen molar-refractivity contribution in [2.45, 2.75) is 6.92 Å². The van der Waals surface area contributed by atoms with E-state index in [-0.39, 0.29) is 18.5 Å². The number of para-hydroxylation sites is 2. The lowest BCUT2D eigenvalue weighted by molar-refractivity contribution is -0.116. The molecule has 0 unspecified atom stereocenters. The average Bonchev–Trinajstić information content (AvgIpc) is 3.14. The summed E-state index contributed by atoms with van der Waals surface area (Å²) in [6.07, 6.45) is 0. The maximum atomic E-state index is 12.6. The number of methoxy groups -OCH3 is 1. The molecule has 0 radical (unpaired) electrons. The number of benzene rings is 1. The van der Waals surface area contributed by atoms with Crippen LogP contribution < -0.4 is 15.0 Å². The third-order valence-corrected chi connectivity index (χ3v) is 4.55. The summed E-state index contributed by atoms with van der Waals surface area (Å²) in [5.41, 5.74) is 1.57. The van der Waals surface area contributed by atoms with Gasteiger partial charge in [-0.15, -0.1) is 11.3 Å². The van der Waals surface area contributed by atoms with Gasteiger partial charge in [-0.1, -0.05) is 12.1 Å². The molecular formula is C16H18N4O3S. The number of nitrogens with zero attached hydrogens (tertiary/aromatic N) is 3. The minimum Gasteiger partial charge on any atom is -0.495 e. The van der Waals surface area contributed by atoms with Crippen LogP contribution in [0.15, 0.2) is 29.6 Å².